The van der Waals surface area contributed by atoms with Crippen molar-refractivity contribution in [1.82, 2.24) is 0 Å². The van der Waals surface area contributed by atoms with Crippen molar-refractivity contribution in [2.75, 3.05) is 16.9 Å². The van der Waals surface area contributed by atoms with Crippen molar-refractivity contribution in [3.05, 3.63) is 54.6 Å². The zero-order valence-electron chi connectivity index (χ0n) is 14.6. The number of nitrogens with two attached hydrogens (primary N) is 1. The number of amides is 2. The van der Waals surface area contributed by atoms with E-state index >= 15 is 0 Å². The summed E-state index contributed by atoms with van der Waals surface area (Å²) < 4.78 is 5.41. The average Bonchev–Trinajstić information content (AvgIpc) is 2.98. The van der Waals surface area contributed by atoms with E-state index in [2.05, 4.69) is 10.4 Å². The van der Waals surface area contributed by atoms with E-state index in [9.17, 15) is 14.4 Å². The Bertz CT molecular complexity index is 911. The molecule has 0 aromatic heterocycles. The van der Waals surface area contributed by atoms with Crippen LogP contribution in [0.1, 0.15) is 6.92 Å². The highest BCUT2D eigenvalue weighted by Gasteiger charge is 2.43. The Labute approximate surface area is 155 Å². The van der Waals surface area contributed by atoms with Gasteiger partial charge in [0.15, 0.2) is 5.92 Å². The monoisotopic (exact) mass is 366 g/mol. The number of amidine groups is 1. The number of carbonyl (C=O) groups is 3. The zero-order valence-corrected chi connectivity index (χ0v) is 14.6. The van der Waals surface area contributed by atoms with Crippen LogP contribution in [-0.4, -0.2) is 30.0 Å². The Morgan fingerprint density at radius 1 is 1.15 bits per heavy atom. The topological polar surface area (TPSA) is 114 Å². The molecule has 1 aliphatic heterocycles. The molecule has 8 nitrogen and oxygen atoms in total. The molecule has 0 saturated carbocycles. The summed E-state index contributed by atoms with van der Waals surface area (Å²) in [6, 6.07) is 15.2. The average molecular weight is 366 g/mol. The minimum Gasteiger partial charge on any atom is -0.492 e. The van der Waals surface area contributed by atoms with Gasteiger partial charge in [-0.1, -0.05) is 30.3 Å². The van der Waals surface area contributed by atoms with Crippen molar-refractivity contribution in [2.45, 2.75) is 6.92 Å². The van der Waals surface area contributed by atoms with E-state index < -0.39 is 23.5 Å². The number of hydrogen-bond donors (Lipinski definition) is 2. The van der Waals surface area contributed by atoms with Gasteiger partial charge in [-0.15, -0.1) is 0 Å². The van der Waals surface area contributed by atoms with Crippen LogP contribution in [0.3, 0.4) is 0 Å². The third kappa shape index (κ3) is 3.64. The number of ketones is 1. The second-order valence-corrected chi connectivity index (χ2v) is 5.69. The summed E-state index contributed by atoms with van der Waals surface area (Å²) in [7, 11) is 0. The summed E-state index contributed by atoms with van der Waals surface area (Å²) in [6.07, 6.45) is 0. The van der Waals surface area contributed by atoms with E-state index in [1.807, 2.05) is 0 Å². The third-order valence-corrected chi connectivity index (χ3v) is 3.89. The van der Waals surface area contributed by atoms with Gasteiger partial charge in [0.2, 0.25) is 5.78 Å². The first-order valence-electron chi connectivity index (χ1n) is 8.33. The van der Waals surface area contributed by atoms with Gasteiger partial charge < -0.3 is 15.8 Å². The van der Waals surface area contributed by atoms with E-state index in [4.69, 9.17) is 10.5 Å². The summed E-state index contributed by atoms with van der Waals surface area (Å²) in [5.74, 6) is -3.87. The second-order valence-electron chi connectivity index (χ2n) is 5.69. The molecule has 8 heteroatoms. The van der Waals surface area contributed by atoms with Gasteiger partial charge >= 0.3 is 0 Å². The fraction of sp³-hybridized carbons (Fsp3) is 0.158. The molecule has 1 heterocycles. The van der Waals surface area contributed by atoms with Crippen molar-refractivity contribution in [3.63, 3.8) is 0 Å². The molecule has 0 bridgehead atoms. The molecule has 3 N–H and O–H groups in total. The first-order valence-corrected chi connectivity index (χ1v) is 8.33. The molecule has 2 aromatic rings. The number of hydrazone groups is 1. The Balaban J connectivity index is 1.77. The molecule has 0 saturated heterocycles. The molecule has 2 aromatic carbocycles. The minimum atomic E-state index is -1.45. The zero-order chi connectivity index (χ0) is 19.4. The van der Waals surface area contributed by atoms with Crippen LogP contribution in [0.4, 0.5) is 11.4 Å². The Morgan fingerprint density at radius 2 is 1.81 bits per heavy atom. The number of Topliss-reactive ketones (excluding diaryl/α,β-unsaturated/α-hetero) is 1. The summed E-state index contributed by atoms with van der Waals surface area (Å²) in [5.41, 5.74) is 6.56. The predicted molar refractivity (Wildman–Crippen MR) is 100 cm³/mol. The number of nitrogens with one attached hydrogen (secondary N) is 1. The second kappa shape index (κ2) is 7.69. The third-order valence-electron chi connectivity index (χ3n) is 3.89. The molecule has 2 amide bonds. The first-order chi connectivity index (χ1) is 13.0. The molecule has 0 spiro atoms. The van der Waals surface area contributed by atoms with Crippen molar-refractivity contribution in [2.24, 2.45) is 16.8 Å². The lowest BCUT2D eigenvalue weighted by atomic mass is 10.0. The van der Waals surface area contributed by atoms with Crippen molar-refractivity contribution in [3.8, 4) is 5.75 Å². The SMILES string of the molecule is CCOc1ccccc1NC(=O)C(=O)C1C(=O)N(c2ccccc2)N=C1N. The number of para-hydroxylation sites is 3. The molecule has 0 fully saturated rings. The van der Waals surface area contributed by atoms with Crippen LogP contribution in [0.2, 0.25) is 0 Å². The highest BCUT2D eigenvalue weighted by atomic mass is 16.5. The first kappa shape index (κ1) is 18.1. The standard InChI is InChI=1S/C19H18N4O4/c1-2-27-14-11-7-6-10-13(14)21-18(25)16(24)15-17(20)22-23(19(15)26)12-8-4-3-5-9-12/h3-11,15H,2H2,1H3,(H2,20,22)(H,21,25). The summed E-state index contributed by atoms with van der Waals surface area (Å²) >= 11 is 0. The lowest BCUT2D eigenvalue weighted by Gasteiger charge is -2.14. The van der Waals surface area contributed by atoms with E-state index in [1.165, 1.54) is 0 Å². The minimum absolute atomic E-state index is 0.220. The van der Waals surface area contributed by atoms with Crippen LogP contribution in [-0.2, 0) is 14.4 Å². The van der Waals surface area contributed by atoms with Gasteiger partial charge in [0.25, 0.3) is 11.8 Å². The van der Waals surface area contributed by atoms with Gasteiger partial charge in [-0.25, -0.2) is 0 Å². The highest BCUT2D eigenvalue weighted by Crippen LogP contribution is 2.26. The molecule has 3 rings (SSSR count). The van der Waals surface area contributed by atoms with Crippen LogP contribution in [0.25, 0.3) is 0 Å². The maximum atomic E-state index is 12.6. The van der Waals surface area contributed by atoms with E-state index in [0.29, 0.717) is 23.7 Å². The number of anilines is 2. The molecular formula is C19H18N4O4. The smallest absolute Gasteiger partial charge is 0.293 e. The summed E-state index contributed by atoms with van der Waals surface area (Å²) in [4.78, 5) is 37.5. The molecule has 0 aliphatic carbocycles. The lowest BCUT2D eigenvalue weighted by molar-refractivity contribution is -0.138. The molecule has 138 valence electrons. The summed E-state index contributed by atoms with van der Waals surface area (Å²) in [6.45, 7) is 2.20. The van der Waals surface area contributed by atoms with Gasteiger partial charge in [0.05, 0.1) is 18.0 Å². The van der Waals surface area contributed by atoms with E-state index in [1.54, 1.807) is 61.5 Å². The van der Waals surface area contributed by atoms with Crippen LogP contribution >= 0.6 is 0 Å². The van der Waals surface area contributed by atoms with Gasteiger partial charge in [0, 0.05) is 0 Å². The Hall–Kier alpha value is -3.68. The Morgan fingerprint density at radius 3 is 2.52 bits per heavy atom. The fourth-order valence-corrected chi connectivity index (χ4v) is 2.64. The van der Waals surface area contributed by atoms with Crippen molar-refractivity contribution < 1.29 is 19.1 Å². The highest BCUT2D eigenvalue weighted by molar-refractivity contribution is 6.50. The molecule has 1 aliphatic rings. The molecule has 1 unspecified atom stereocenters. The van der Waals surface area contributed by atoms with E-state index in [0.717, 1.165) is 5.01 Å². The molecular weight excluding hydrogens is 348 g/mol. The largest absolute Gasteiger partial charge is 0.492 e. The number of nitrogens with zero attached hydrogens (tertiary/aromatic N) is 2. The lowest BCUT2D eigenvalue weighted by Crippen LogP contribution is -2.41. The Kier molecular flexibility index (Phi) is 5.16. The number of ether oxygens (including phenoxy) is 1. The fourth-order valence-electron chi connectivity index (χ4n) is 2.64. The van der Waals surface area contributed by atoms with Gasteiger partial charge in [-0.3, -0.25) is 14.4 Å². The van der Waals surface area contributed by atoms with Crippen LogP contribution in [0.15, 0.2) is 59.7 Å². The predicted octanol–water partition coefficient (Wildman–Crippen LogP) is 1.53. The van der Waals surface area contributed by atoms with Crippen LogP contribution in [0.5, 0.6) is 5.75 Å². The number of carbonyl (C=O) groups excluding carboxylic acids is 3. The van der Waals surface area contributed by atoms with Crippen molar-refractivity contribution in [1.29, 1.82) is 0 Å². The van der Waals surface area contributed by atoms with Crippen LogP contribution in [0, 0.1) is 5.92 Å². The quantitative estimate of drug-likeness (QED) is 0.594. The van der Waals surface area contributed by atoms with Gasteiger partial charge in [0.1, 0.15) is 11.6 Å². The maximum absolute atomic E-state index is 12.6. The number of benzene rings is 2. The molecule has 1 atom stereocenters. The number of hydrogen-bond acceptors (Lipinski definition) is 6. The van der Waals surface area contributed by atoms with E-state index in [-0.39, 0.29) is 5.84 Å². The van der Waals surface area contributed by atoms with Gasteiger partial charge in [-0.2, -0.15) is 10.1 Å². The number of rotatable bonds is 6. The van der Waals surface area contributed by atoms with Crippen LogP contribution < -0.4 is 20.8 Å². The maximum Gasteiger partial charge on any atom is 0.293 e. The van der Waals surface area contributed by atoms with Crippen molar-refractivity contribution >= 4 is 34.8 Å². The van der Waals surface area contributed by atoms with Gasteiger partial charge in [-0.05, 0) is 31.2 Å². The molecule has 27 heavy (non-hydrogen) atoms. The normalized spacial score (nSPS) is 16.0. The summed E-state index contributed by atoms with van der Waals surface area (Å²) in [5, 5.41) is 7.43. The molecule has 0 radical (unpaired) electrons.